The van der Waals surface area contributed by atoms with E-state index in [1.165, 1.54) is 6.08 Å². The van der Waals surface area contributed by atoms with Gasteiger partial charge in [0.1, 0.15) is 24.0 Å². The second kappa shape index (κ2) is 10.8. The summed E-state index contributed by atoms with van der Waals surface area (Å²) in [7, 11) is 0. The number of nitrogens with zero attached hydrogens (tertiary/aromatic N) is 1. The Morgan fingerprint density at radius 1 is 1.10 bits per heavy atom. The molecule has 0 spiro atoms. The van der Waals surface area contributed by atoms with E-state index in [4.69, 9.17) is 27.9 Å². The molecule has 0 saturated heterocycles. The van der Waals surface area contributed by atoms with E-state index in [-0.39, 0.29) is 12.2 Å². The van der Waals surface area contributed by atoms with E-state index < -0.39 is 5.91 Å². The standard InChI is InChI=1S/C23H14Br2Cl2N2O2/c24-17-9-15(8-16(12-28)23(30)29-19-6-3-5-18(26)11-19)22(20(25)10-17)31-13-14-4-1-2-7-21(14)27/h1-11H,13H2,(H,29,30)/b16-8+. The van der Waals surface area contributed by atoms with Gasteiger partial charge in [-0.15, -0.1) is 0 Å². The van der Waals surface area contributed by atoms with Crippen LogP contribution in [0.25, 0.3) is 6.08 Å². The lowest BCUT2D eigenvalue weighted by molar-refractivity contribution is -0.112. The predicted octanol–water partition coefficient (Wildman–Crippen LogP) is 7.64. The Balaban J connectivity index is 1.90. The minimum absolute atomic E-state index is 0.0902. The van der Waals surface area contributed by atoms with Crippen LogP contribution in [-0.2, 0) is 11.4 Å². The average Bonchev–Trinajstić information content (AvgIpc) is 2.72. The van der Waals surface area contributed by atoms with E-state index in [0.29, 0.717) is 31.5 Å². The first-order chi connectivity index (χ1) is 14.9. The number of benzene rings is 3. The van der Waals surface area contributed by atoms with Gasteiger partial charge in [0.2, 0.25) is 0 Å². The van der Waals surface area contributed by atoms with Crippen molar-refractivity contribution < 1.29 is 9.53 Å². The molecule has 4 nitrogen and oxygen atoms in total. The molecule has 3 aromatic rings. The lowest BCUT2D eigenvalue weighted by atomic mass is 10.1. The first kappa shape index (κ1) is 23.4. The maximum absolute atomic E-state index is 12.6. The Labute approximate surface area is 206 Å². The molecule has 0 bridgehead atoms. The van der Waals surface area contributed by atoms with Crippen molar-refractivity contribution in [3.8, 4) is 11.8 Å². The molecule has 0 fully saturated rings. The molecule has 0 heterocycles. The summed E-state index contributed by atoms with van der Waals surface area (Å²) in [5.74, 6) is -0.0793. The molecule has 0 radical (unpaired) electrons. The Kier molecular flexibility index (Phi) is 8.16. The van der Waals surface area contributed by atoms with Crippen LogP contribution in [0, 0.1) is 11.3 Å². The first-order valence-electron chi connectivity index (χ1n) is 8.91. The van der Waals surface area contributed by atoms with E-state index in [1.54, 1.807) is 36.4 Å². The number of hydrogen-bond acceptors (Lipinski definition) is 3. The van der Waals surface area contributed by atoms with E-state index in [9.17, 15) is 10.1 Å². The molecule has 0 aliphatic rings. The lowest BCUT2D eigenvalue weighted by Crippen LogP contribution is -2.13. The number of carbonyl (C=O) groups is 1. The molecule has 0 unspecified atom stereocenters. The molecule has 0 atom stereocenters. The number of amides is 1. The van der Waals surface area contributed by atoms with Crippen LogP contribution in [0.4, 0.5) is 5.69 Å². The Bertz CT molecular complexity index is 1210. The van der Waals surface area contributed by atoms with Gasteiger partial charge in [0.15, 0.2) is 0 Å². The van der Waals surface area contributed by atoms with Crippen molar-refractivity contribution in [1.29, 1.82) is 5.26 Å². The van der Waals surface area contributed by atoms with Gasteiger partial charge in [-0.1, -0.05) is 63.4 Å². The number of nitrogens with one attached hydrogen (secondary N) is 1. The summed E-state index contributed by atoms with van der Waals surface area (Å²) in [6.45, 7) is 0.220. The molecule has 0 saturated carbocycles. The predicted molar refractivity (Wildman–Crippen MR) is 131 cm³/mol. The SMILES string of the molecule is N#C/C(=C\c1cc(Br)cc(Br)c1OCc1ccccc1Cl)C(=O)Nc1cccc(Cl)c1. The van der Waals surface area contributed by atoms with Gasteiger partial charge in [0.25, 0.3) is 5.91 Å². The quantitative estimate of drug-likeness (QED) is 0.241. The second-order valence-electron chi connectivity index (χ2n) is 6.32. The first-order valence-corrected chi connectivity index (χ1v) is 11.3. The number of ether oxygens (including phenoxy) is 1. The largest absolute Gasteiger partial charge is 0.487 e. The normalized spacial score (nSPS) is 11.0. The number of rotatable bonds is 6. The fraction of sp³-hybridized carbons (Fsp3) is 0.0435. The molecule has 0 aromatic heterocycles. The summed E-state index contributed by atoms with van der Waals surface area (Å²) >= 11 is 19.1. The van der Waals surface area contributed by atoms with Crippen LogP contribution < -0.4 is 10.1 Å². The topological polar surface area (TPSA) is 62.1 Å². The molecule has 3 aromatic carbocycles. The highest BCUT2D eigenvalue weighted by Gasteiger charge is 2.15. The summed E-state index contributed by atoms with van der Waals surface area (Å²) in [5, 5.41) is 13.3. The van der Waals surface area contributed by atoms with E-state index >= 15 is 0 Å². The average molecular weight is 581 g/mol. The monoisotopic (exact) mass is 578 g/mol. The summed E-state index contributed by atoms with van der Waals surface area (Å²) in [4.78, 5) is 12.6. The Hall–Kier alpha value is -2.30. The minimum atomic E-state index is -0.557. The van der Waals surface area contributed by atoms with Crippen LogP contribution in [0.2, 0.25) is 10.0 Å². The summed E-state index contributed by atoms with van der Waals surface area (Å²) in [6, 6.07) is 19.6. The zero-order chi connectivity index (χ0) is 22.4. The minimum Gasteiger partial charge on any atom is -0.487 e. The molecule has 0 aliphatic carbocycles. The van der Waals surface area contributed by atoms with Gasteiger partial charge in [0.05, 0.1) is 4.47 Å². The highest BCUT2D eigenvalue weighted by Crippen LogP contribution is 2.35. The van der Waals surface area contributed by atoms with E-state index in [2.05, 4.69) is 37.2 Å². The number of anilines is 1. The Morgan fingerprint density at radius 3 is 2.58 bits per heavy atom. The molecule has 0 aliphatic heterocycles. The third kappa shape index (κ3) is 6.34. The van der Waals surface area contributed by atoms with Gasteiger partial charge in [-0.25, -0.2) is 0 Å². The number of carbonyl (C=O) groups excluding carboxylic acids is 1. The molecule has 3 rings (SSSR count). The van der Waals surface area contributed by atoms with Crippen molar-refractivity contribution in [1.82, 2.24) is 0 Å². The number of halogens is 4. The number of hydrogen-bond donors (Lipinski definition) is 1. The molecular formula is C23H14Br2Cl2N2O2. The lowest BCUT2D eigenvalue weighted by Gasteiger charge is -2.13. The zero-order valence-corrected chi connectivity index (χ0v) is 20.5. The third-order valence-electron chi connectivity index (χ3n) is 4.11. The number of nitriles is 1. The third-order valence-corrected chi connectivity index (χ3v) is 5.77. The van der Waals surface area contributed by atoms with Crippen molar-refractivity contribution >= 4 is 72.7 Å². The molecule has 1 N–H and O–H groups in total. The van der Waals surface area contributed by atoms with Gasteiger partial charge < -0.3 is 10.1 Å². The summed E-state index contributed by atoms with van der Waals surface area (Å²) in [5.41, 5.74) is 1.76. The van der Waals surface area contributed by atoms with Crippen LogP contribution in [0.5, 0.6) is 5.75 Å². The van der Waals surface area contributed by atoms with Crippen molar-refractivity contribution in [3.05, 3.63) is 96.4 Å². The van der Waals surface area contributed by atoms with Gasteiger partial charge >= 0.3 is 0 Å². The smallest absolute Gasteiger partial charge is 0.266 e. The van der Waals surface area contributed by atoms with Crippen molar-refractivity contribution in [2.45, 2.75) is 6.61 Å². The van der Waals surface area contributed by atoms with Crippen LogP contribution in [-0.4, -0.2) is 5.91 Å². The molecular weight excluding hydrogens is 567 g/mol. The van der Waals surface area contributed by atoms with Crippen LogP contribution in [0.3, 0.4) is 0 Å². The highest BCUT2D eigenvalue weighted by molar-refractivity contribution is 9.11. The van der Waals surface area contributed by atoms with Gasteiger partial charge in [-0.3, -0.25) is 4.79 Å². The van der Waals surface area contributed by atoms with Gasteiger partial charge in [-0.2, -0.15) is 5.26 Å². The van der Waals surface area contributed by atoms with Crippen molar-refractivity contribution in [2.24, 2.45) is 0 Å². The molecule has 8 heteroatoms. The van der Waals surface area contributed by atoms with Crippen molar-refractivity contribution in [3.63, 3.8) is 0 Å². The maximum atomic E-state index is 12.6. The van der Waals surface area contributed by atoms with Crippen molar-refractivity contribution in [2.75, 3.05) is 5.32 Å². The molecule has 1 amide bonds. The fourth-order valence-corrected chi connectivity index (χ4v) is 4.43. The zero-order valence-electron chi connectivity index (χ0n) is 15.8. The van der Waals surface area contributed by atoms with E-state index in [0.717, 1.165) is 10.0 Å². The molecule has 156 valence electrons. The summed E-state index contributed by atoms with van der Waals surface area (Å²) in [6.07, 6.45) is 1.47. The fourth-order valence-electron chi connectivity index (χ4n) is 2.67. The summed E-state index contributed by atoms with van der Waals surface area (Å²) < 4.78 is 7.41. The van der Waals surface area contributed by atoms with Crippen LogP contribution >= 0.6 is 55.1 Å². The molecule has 31 heavy (non-hydrogen) atoms. The second-order valence-corrected chi connectivity index (χ2v) is 8.93. The van der Waals surface area contributed by atoms with Crippen LogP contribution in [0.15, 0.2) is 75.2 Å². The van der Waals surface area contributed by atoms with Crippen LogP contribution in [0.1, 0.15) is 11.1 Å². The van der Waals surface area contributed by atoms with E-state index in [1.807, 2.05) is 30.3 Å². The highest BCUT2D eigenvalue weighted by atomic mass is 79.9. The van der Waals surface area contributed by atoms with Gasteiger partial charge in [-0.05, 0) is 58.4 Å². The maximum Gasteiger partial charge on any atom is 0.266 e. The van der Waals surface area contributed by atoms with Gasteiger partial charge in [0, 0.05) is 31.3 Å². The Morgan fingerprint density at radius 2 is 1.87 bits per heavy atom.